The standard InChI is InChI=1S/C19H23FN2O3S/c1-19(2,3)14-9-5-8-12-17(14)22(26(4,24)25)13-18(23)21-16-11-7-6-10-15(16)20/h5-12H,13H2,1-4H3,(H,21,23). The zero-order valence-electron chi connectivity index (χ0n) is 15.3. The maximum absolute atomic E-state index is 13.7. The van der Waals surface area contributed by atoms with Crippen molar-refractivity contribution in [2.45, 2.75) is 26.2 Å². The average Bonchev–Trinajstić information content (AvgIpc) is 2.53. The van der Waals surface area contributed by atoms with Crippen LogP contribution in [0.25, 0.3) is 0 Å². The number of sulfonamides is 1. The molecular weight excluding hydrogens is 355 g/mol. The van der Waals surface area contributed by atoms with Gasteiger partial charge in [0.1, 0.15) is 12.4 Å². The lowest BCUT2D eigenvalue weighted by molar-refractivity contribution is -0.114. The Morgan fingerprint density at radius 2 is 1.65 bits per heavy atom. The van der Waals surface area contributed by atoms with Crippen LogP contribution in [0.3, 0.4) is 0 Å². The van der Waals surface area contributed by atoms with E-state index in [9.17, 15) is 17.6 Å². The minimum atomic E-state index is -3.72. The largest absolute Gasteiger partial charge is 0.322 e. The fourth-order valence-electron chi connectivity index (χ4n) is 2.59. The van der Waals surface area contributed by atoms with Crippen LogP contribution in [0.15, 0.2) is 48.5 Å². The average molecular weight is 378 g/mol. The first kappa shape index (κ1) is 19.9. The third kappa shape index (κ3) is 4.82. The molecule has 2 rings (SSSR count). The second kappa shape index (κ2) is 7.45. The zero-order chi connectivity index (χ0) is 19.5. The van der Waals surface area contributed by atoms with Gasteiger partial charge >= 0.3 is 0 Å². The number of rotatable bonds is 5. The number of halogens is 1. The summed E-state index contributed by atoms with van der Waals surface area (Å²) in [5.41, 5.74) is 0.923. The predicted molar refractivity (Wildman–Crippen MR) is 102 cm³/mol. The van der Waals surface area contributed by atoms with Crippen LogP contribution < -0.4 is 9.62 Å². The molecule has 0 spiro atoms. The Morgan fingerprint density at radius 1 is 1.08 bits per heavy atom. The van der Waals surface area contributed by atoms with Gasteiger partial charge in [-0.05, 0) is 29.2 Å². The van der Waals surface area contributed by atoms with E-state index in [-0.39, 0.29) is 11.1 Å². The van der Waals surface area contributed by atoms with Gasteiger partial charge in [-0.2, -0.15) is 0 Å². The van der Waals surface area contributed by atoms with Crippen LogP contribution in [0.2, 0.25) is 0 Å². The van der Waals surface area contributed by atoms with Gasteiger partial charge in [-0.25, -0.2) is 12.8 Å². The molecule has 2 aromatic carbocycles. The number of nitrogens with one attached hydrogen (secondary N) is 1. The van der Waals surface area contributed by atoms with E-state index < -0.39 is 28.3 Å². The summed E-state index contributed by atoms with van der Waals surface area (Å²) in [4.78, 5) is 12.4. The van der Waals surface area contributed by atoms with E-state index in [1.54, 1.807) is 18.2 Å². The number of carbonyl (C=O) groups is 1. The molecular formula is C19H23FN2O3S. The summed E-state index contributed by atoms with van der Waals surface area (Å²) in [6.07, 6.45) is 1.04. The molecule has 0 fully saturated rings. The van der Waals surface area contributed by atoms with Crippen molar-refractivity contribution >= 4 is 27.3 Å². The number of amides is 1. The second-order valence-corrected chi connectivity index (χ2v) is 8.97. The summed E-state index contributed by atoms with van der Waals surface area (Å²) < 4.78 is 39.4. The summed E-state index contributed by atoms with van der Waals surface area (Å²) in [5, 5.41) is 2.42. The topological polar surface area (TPSA) is 66.5 Å². The van der Waals surface area contributed by atoms with Crippen molar-refractivity contribution in [3.05, 3.63) is 59.9 Å². The van der Waals surface area contributed by atoms with Crippen LogP contribution in [-0.2, 0) is 20.2 Å². The lowest BCUT2D eigenvalue weighted by Gasteiger charge is -2.29. The molecule has 1 amide bonds. The van der Waals surface area contributed by atoms with Gasteiger partial charge in [0.25, 0.3) is 0 Å². The first-order chi connectivity index (χ1) is 12.0. The van der Waals surface area contributed by atoms with Gasteiger partial charge in [0.2, 0.25) is 15.9 Å². The first-order valence-corrected chi connectivity index (χ1v) is 9.96. The summed E-state index contributed by atoms with van der Waals surface area (Å²) in [6, 6.07) is 12.8. The first-order valence-electron chi connectivity index (χ1n) is 8.12. The molecule has 0 atom stereocenters. The molecule has 0 aliphatic heterocycles. The van der Waals surface area contributed by atoms with Gasteiger partial charge in [-0.15, -0.1) is 0 Å². The number of hydrogen-bond donors (Lipinski definition) is 1. The van der Waals surface area contributed by atoms with E-state index in [0.29, 0.717) is 5.69 Å². The fourth-order valence-corrected chi connectivity index (χ4v) is 3.46. The molecule has 0 heterocycles. The third-order valence-electron chi connectivity index (χ3n) is 3.82. The fraction of sp³-hybridized carbons (Fsp3) is 0.316. The summed E-state index contributed by atoms with van der Waals surface area (Å²) in [5.74, 6) is -1.20. The predicted octanol–water partition coefficient (Wildman–Crippen LogP) is 3.53. The van der Waals surface area contributed by atoms with E-state index in [0.717, 1.165) is 16.1 Å². The molecule has 2 aromatic rings. The molecule has 0 aliphatic carbocycles. The smallest absolute Gasteiger partial charge is 0.245 e. The van der Waals surface area contributed by atoms with Crippen molar-refractivity contribution < 1.29 is 17.6 Å². The van der Waals surface area contributed by atoms with Crippen LogP contribution in [0.1, 0.15) is 26.3 Å². The Kier molecular flexibility index (Phi) is 5.71. The van der Waals surface area contributed by atoms with Crippen molar-refractivity contribution in [1.29, 1.82) is 0 Å². The van der Waals surface area contributed by atoms with Crippen molar-refractivity contribution in [2.24, 2.45) is 0 Å². The van der Waals surface area contributed by atoms with Crippen molar-refractivity contribution in [3.63, 3.8) is 0 Å². The van der Waals surface area contributed by atoms with E-state index in [1.807, 2.05) is 32.9 Å². The summed E-state index contributed by atoms with van der Waals surface area (Å²) in [7, 11) is -3.72. The molecule has 0 aromatic heterocycles. The summed E-state index contributed by atoms with van der Waals surface area (Å²) in [6.45, 7) is 5.45. The van der Waals surface area contributed by atoms with Crippen molar-refractivity contribution in [3.8, 4) is 0 Å². The quantitative estimate of drug-likeness (QED) is 0.866. The molecule has 7 heteroatoms. The highest BCUT2D eigenvalue weighted by Gasteiger charge is 2.27. The summed E-state index contributed by atoms with van der Waals surface area (Å²) >= 11 is 0. The number of hydrogen-bond acceptors (Lipinski definition) is 3. The van der Waals surface area contributed by atoms with Crippen LogP contribution in [0.4, 0.5) is 15.8 Å². The van der Waals surface area contributed by atoms with Gasteiger partial charge in [0.05, 0.1) is 17.6 Å². The van der Waals surface area contributed by atoms with E-state index in [4.69, 9.17) is 0 Å². The highest BCUT2D eigenvalue weighted by Crippen LogP contribution is 2.33. The van der Waals surface area contributed by atoms with E-state index >= 15 is 0 Å². The Hall–Kier alpha value is -2.41. The molecule has 1 N–H and O–H groups in total. The molecule has 0 unspecified atom stereocenters. The van der Waals surface area contributed by atoms with Gasteiger partial charge in [0.15, 0.2) is 0 Å². The maximum atomic E-state index is 13.7. The van der Waals surface area contributed by atoms with Gasteiger partial charge in [-0.1, -0.05) is 51.1 Å². The monoisotopic (exact) mass is 378 g/mol. The van der Waals surface area contributed by atoms with Gasteiger partial charge in [0, 0.05) is 0 Å². The number of para-hydroxylation sites is 2. The third-order valence-corrected chi connectivity index (χ3v) is 4.94. The molecule has 0 saturated carbocycles. The highest BCUT2D eigenvalue weighted by molar-refractivity contribution is 7.92. The number of nitrogens with zero attached hydrogens (tertiary/aromatic N) is 1. The normalized spacial score (nSPS) is 11.9. The van der Waals surface area contributed by atoms with Crippen molar-refractivity contribution in [2.75, 3.05) is 22.4 Å². The minimum absolute atomic E-state index is 0.00931. The molecule has 0 radical (unpaired) electrons. The maximum Gasteiger partial charge on any atom is 0.245 e. The SMILES string of the molecule is CC(C)(C)c1ccccc1N(CC(=O)Nc1ccccc1F)S(C)(=O)=O. The lowest BCUT2D eigenvalue weighted by Crippen LogP contribution is -2.38. The Morgan fingerprint density at radius 3 is 2.23 bits per heavy atom. The Bertz CT molecular complexity index is 905. The Balaban J connectivity index is 2.36. The van der Waals surface area contributed by atoms with Crippen LogP contribution in [0, 0.1) is 5.82 Å². The molecule has 0 aliphatic rings. The van der Waals surface area contributed by atoms with Crippen LogP contribution in [-0.4, -0.2) is 27.1 Å². The number of anilines is 2. The van der Waals surface area contributed by atoms with Gasteiger partial charge < -0.3 is 5.32 Å². The van der Waals surface area contributed by atoms with Gasteiger partial charge in [-0.3, -0.25) is 9.10 Å². The molecule has 26 heavy (non-hydrogen) atoms. The minimum Gasteiger partial charge on any atom is -0.322 e. The lowest BCUT2D eigenvalue weighted by atomic mass is 9.86. The van der Waals surface area contributed by atoms with E-state index in [2.05, 4.69) is 5.32 Å². The zero-order valence-corrected chi connectivity index (χ0v) is 16.1. The number of benzene rings is 2. The second-order valence-electron chi connectivity index (χ2n) is 7.06. The van der Waals surface area contributed by atoms with E-state index in [1.165, 1.54) is 18.2 Å². The van der Waals surface area contributed by atoms with Crippen LogP contribution >= 0.6 is 0 Å². The molecule has 0 saturated heterocycles. The number of carbonyl (C=O) groups excluding carboxylic acids is 1. The van der Waals surface area contributed by atoms with Crippen molar-refractivity contribution in [1.82, 2.24) is 0 Å². The molecule has 5 nitrogen and oxygen atoms in total. The van der Waals surface area contributed by atoms with Crippen LogP contribution in [0.5, 0.6) is 0 Å². The molecule has 140 valence electrons. The molecule has 0 bridgehead atoms. The Labute approximate surface area is 153 Å². The highest BCUT2D eigenvalue weighted by atomic mass is 32.2.